The molecule has 1 fully saturated rings. The number of piperidine rings is 1. The summed E-state index contributed by atoms with van der Waals surface area (Å²) in [5.74, 6) is 0.919. The Morgan fingerprint density at radius 1 is 1.24 bits per heavy atom. The molecule has 1 aromatic carbocycles. The van der Waals surface area contributed by atoms with Gasteiger partial charge in [0, 0.05) is 25.4 Å². The average Bonchev–Trinajstić information content (AvgIpc) is 3.49. The van der Waals surface area contributed by atoms with Gasteiger partial charge in [0.2, 0.25) is 5.91 Å². The van der Waals surface area contributed by atoms with Crippen LogP contribution in [0, 0.1) is 0 Å². The van der Waals surface area contributed by atoms with Crippen LogP contribution in [0.3, 0.4) is 0 Å². The first kappa shape index (κ1) is 22.2. The monoisotopic (exact) mass is 449 g/mol. The number of carbonyl (C=O) groups excluding carboxylic acids is 2. The molecule has 0 atom stereocenters. The molecule has 3 heterocycles. The molecule has 0 saturated carbocycles. The number of likely N-dealkylation sites (tertiary alicyclic amines) is 1. The lowest BCUT2D eigenvalue weighted by molar-refractivity contribution is -0.111. The number of aromatic nitrogens is 2. The van der Waals surface area contributed by atoms with Gasteiger partial charge in [-0.1, -0.05) is 12.1 Å². The van der Waals surface area contributed by atoms with Gasteiger partial charge in [0.05, 0.1) is 35.8 Å². The molecule has 0 spiro atoms. The van der Waals surface area contributed by atoms with E-state index >= 15 is 0 Å². The van der Waals surface area contributed by atoms with Crippen LogP contribution in [0.25, 0.3) is 17.4 Å². The van der Waals surface area contributed by atoms with E-state index in [-0.39, 0.29) is 18.0 Å². The maximum absolute atomic E-state index is 12.2. The summed E-state index contributed by atoms with van der Waals surface area (Å²) in [5, 5.41) is 7.23. The molecule has 4 rings (SSSR count). The Kier molecular flexibility index (Phi) is 6.77. The van der Waals surface area contributed by atoms with Crippen molar-refractivity contribution >= 4 is 29.5 Å². The van der Waals surface area contributed by atoms with Crippen molar-refractivity contribution < 1.29 is 18.7 Å². The molecule has 9 heteroatoms. The Hall–Kier alpha value is -4.01. The third-order valence-corrected chi connectivity index (χ3v) is 5.50. The molecule has 2 aromatic heterocycles. The molecular formula is C24H27N5O4. The number of furan rings is 1. The molecule has 2 amide bonds. The predicted octanol–water partition coefficient (Wildman–Crippen LogP) is 4.17. The number of nitrogens with two attached hydrogens (primary N) is 1. The summed E-state index contributed by atoms with van der Waals surface area (Å²) in [6.07, 6.45) is 8.08. The minimum Gasteiger partial charge on any atom is -0.457 e. The van der Waals surface area contributed by atoms with Crippen LogP contribution in [0.4, 0.5) is 16.2 Å². The maximum Gasteiger partial charge on any atom is 0.409 e. The smallest absolute Gasteiger partial charge is 0.409 e. The van der Waals surface area contributed by atoms with Gasteiger partial charge in [0.1, 0.15) is 11.5 Å². The van der Waals surface area contributed by atoms with Gasteiger partial charge in [0.25, 0.3) is 0 Å². The lowest BCUT2D eigenvalue weighted by Gasteiger charge is -2.31. The van der Waals surface area contributed by atoms with E-state index in [1.807, 2.05) is 23.9 Å². The van der Waals surface area contributed by atoms with Crippen molar-refractivity contribution in [3.63, 3.8) is 0 Å². The van der Waals surface area contributed by atoms with E-state index < -0.39 is 0 Å². The van der Waals surface area contributed by atoms with Crippen molar-refractivity contribution in [2.45, 2.75) is 25.8 Å². The van der Waals surface area contributed by atoms with Crippen molar-refractivity contribution in [2.24, 2.45) is 0 Å². The minimum atomic E-state index is -0.298. The first-order valence-electron chi connectivity index (χ1n) is 10.9. The summed E-state index contributed by atoms with van der Waals surface area (Å²) in [6.45, 7) is 3.48. The highest BCUT2D eigenvalue weighted by molar-refractivity contribution is 6.03. The number of hydrogen-bond acceptors (Lipinski definition) is 6. The van der Waals surface area contributed by atoms with E-state index in [9.17, 15) is 9.59 Å². The highest BCUT2D eigenvalue weighted by atomic mass is 16.6. The van der Waals surface area contributed by atoms with Crippen LogP contribution >= 0.6 is 0 Å². The lowest BCUT2D eigenvalue weighted by atomic mass is 10.1. The van der Waals surface area contributed by atoms with Crippen LogP contribution in [0.5, 0.6) is 0 Å². The second-order valence-electron chi connectivity index (χ2n) is 7.74. The number of hydrogen-bond donors (Lipinski definition) is 2. The highest BCUT2D eigenvalue weighted by Crippen LogP contribution is 2.27. The molecular weight excluding hydrogens is 422 g/mol. The Bertz CT molecular complexity index is 1140. The molecule has 1 aliphatic heterocycles. The zero-order chi connectivity index (χ0) is 23.2. The SMILES string of the molecule is CCOC(=O)N1CCC(n2cc(-c3ccc(C=CC(=O)Nc4ccccc4N)o3)cn2)CC1. The standard InChI is InChI=1S/C24H27N5O4/c1-2-32-24(31)28-13-11-18(12-14-28)29-16-17(15-26-29)22-9-7-19(33-22)8-10-23(30)27-21-6-4-3-5-20(21)25/h3-10,15-16,18H,2,11-14,25H2,1H3,(H,27,30). The molecule has 0 bridgehead atoms. The molecule has 172 valence electrons. The van der Waals surface area contributed by atoms with Crippen molar-refractivity contribution in [2.75, 3.05) is 30.7 Å². The second kappa shape index (κ2) is 10.1. The first-order valence-corrected chi connectivity index (χ1v) is 10.9. The summed E-state index contributed by atoms with van der Waals surface area (Å²) >= 11 is 0. The Morgan fingerprint density at radius 3 is 2.79 bits per heavy atom. The van der Waals surface area contributed by atoms with E-state index in [4.69, 9.17) is 14.9 Å². The van der Waals surface area contributed by atoms with Gasteiger partial charge in [-0.25, -0.2) is 4.79 Å². The zero-order valence-electron chi connectivity index (χ0n) is 18.4. The number of rotatable bonds is 6. The summed E-state index contributed by atoms with van der Waals surface area (Å²) in [6, 6.07) is 10.9. The summed E-state index contributed by atoms with van der Waals surface area (Å²) in [5.41, 5.74) is 7.76. The van der Waals surface area contributed by atoms with Gasteiger partial charge < -0.3 is 25.1 Å². The van der Waals surface area contributed by atoms with Crippen molar-refractivity contribution in [1.29, 1.82) is 0 Å². The normalized spacial score (nSPS) is 14.5. The third kappa shape index (κ3) is 5.43. The Labute approximate surface area is 191 Å². The van der Waals surface area contributed by atoms with Gasteiger partial charge in [-0.2, -0.15) is 5.10 Å². The van der Waals surface area contributed by atoms with E-state index in [2.05, 4.69) is 10.4 Å². The van der Waals surface area contributed by atoms with Crippen molar-refractivity contribution in [3.8, 4) is 11.3 Å². The molecule has 3 N–H and O–H groups in total. The summed E-state index contributed by atoms with van der Waals surface area (Å²) < 4.78 is 12.9. The van der Waals surface area contributed by atoms with E-state index in [0.717, 1.165) is 18.4 Å². The largest absolute Gasteiger partial charge is 0.457 e. The van der Waals surface area contributed by atoms with Gasteiger partial charge in [-0.15, -0.1) is 0 Å². The number of nitrogen functional groups attached to an aromatic ring is 1. The van der Waals surface area contributed by atoms with Crippen molar-refractivity contribution in [1.82, 2.24) is 14.7 Å². The van der Waals surface area contributed by atoms with Crippen LogP contribution in [0.15, 0.2) is 59.3 Å². The van der Waals surface area contributed by atoms with E-state index in [0.29, 0.717) is 42.6 Å². The fourth-order valence-electron chi connectivity index (χ4n) is 3.73. The van der Waals surface area contributed by atoms with Crippen molar-refractivity contribution in [3.05, 3.63) is 60.6 Å². The molecule has 1 saturated heterocycles. The van der Waals surface area contributed by atoms with Crippen LogP contribution in [-0.2, 0) is 9.53 Å². The van der Waals surface area contributed by atoms with Gasteiger partial charge >= 0.3 is 6.09 Å². The van der Waals surface area contributed by atoms with Crippen LogP contribution < -0.4 is 11.1 Å². The fraction of sp³-hybridized carbons (Fsp3) is 0.292. The van der Waals surface area contributed by atoms with Crippen LogP contribution in [0.2, 0.25) is 0 Å². The third-order valence-electron chi connectivity index (χ3n) is 5.50. The first-order chi connectivity index (χ1) is 16.0. The number of para-hydroxylation sites is 2. The van der Waals surface area contributed by atoms with Crippen LogP contribution in [-0.4, -0.2) is 46.4 Å². The zero-order valence-corrected chi connectivity index (χ0v) is 18.4. The van der Waals surface area contributed by atoms with Gasteiger partial charge in [-0.05, 0) is 50.1 Å². The molecule has 9 nitrogen and oxygen atoms in total. The van der Waals surface area contributed by atoms with E-state index in [1.165, 1.54) is 6.08 Å². The quantitative estimate of drug-likeness (QED) is 0.431. The fourth-order valence-corrected chi connectivity index (χ4v) is 3.73. The molecule has 0 unspecified atom stereocenters. The molecule has 1 aliphatic rings. The lowest BCUT2D eigenvalue weighted by Crippen LogP contribution is -2.39. The predicted molar refractivity (Wildman–Crippen MR) is 125 cm³/mol. The average molecular weight is 450 g/mol. The molecule has 0 radical (unpaired) electrons. The number of carbonyl (C=O) groups is 2. The number of ether oxygens (including phenoxy) is 1. The topological polar surface area (TPSA) is 116 Å². The van der Waals surface area contributed by atoms with E-state index in [1.54, 1.807) is 47.5 Å². The summed E-state index contributed by atoms with van der Waals surface area (Å²) in [7, 11) is 0. The highest BCUT2D eigenvalue weighted by Gasteiger charge is 2.25. The summed E-state index contributed by atoms with van der Waals surface area (Å²) in [4.78, 5) is 25.8. The Balaban J connectivity index is 1.34. The Morgan fingerprint density at radius 2 is 2.03 bits per heavy atom. The maximum atomic E-state index is 12.2. The number of nitrogens with zero attached hydrogens (tertiary/aromatic N) is 3. The van der Waals surface area contributed by atoms with Gasteiger partial charge in [0.15, 0.2) is 0 Å². The number of benzene rings is 1. The number of anilines is 2. The number of nitrogens with one attached hydrogen (secondary N) is 1. The van der Waals surface area contributed by atoms with Gasteiger partial charge in [-0.3, -0.25) is 9.48 Å². The molecule has 0 aliphatic carbocycles. The molecule has 33 heavy (non-hydrogen) atoms. The van der Waals surface area contributed by atoms with Crippen LogP contribution in [0.1, 0.15) is 31.6 Å². The number of amides is 2. The molecule has 3 aromatic rings. The second-order valence-corrected chi connectivity index (χ2v) is 7.74. The minimum absolute atomic E-state index is 0.216.